The second-order valence-electron chi connectivity index (χ2n) is 11.1. The molecule has 1 rings (SSSR count). The summed E-state index contributed by atoms with van der Waals surface area (Å²) < 4.78 is 23.1. The van der Waals surface area contributed by atoms with Gasteiger partial charge in [0, 0.05) is 0 Å². The number of halogens is 2. The first-order chi connectivity index (χ1) is 20.5. The largest absolute Gasteiger partial charge is 0.481 e. The fraction of sp³-hybridized carbons (Fsp3) is 0.765. The average molecular weight is 721 g/mol. The minimum absolute atomic E-state index is 0.172. The Morgan fingerprint density at radius 2 is 0.786 bits per heavy atom. The second-order valence-corrected chi connectivity index (χ2v) is 12.8. The molecule has 0 saturated carbocycles. The first kappa shape index (κ1) is 38.7. The van der Waals surface area contributed by atoms with Gasteiger partial charge < -0.3 is 18.9 Å². The van der Waals surface area contributed by atoms with Crippen molar-refractivity contribution >= 4 is 43.8 Å². The lowest BCUT2D eigenvalue weighted by molar-refractivity contribution is -0.147. The molecule has 0 spiro atoms. The van der Waals surface area contributed by atoms with Gasteiger partial charge in [0.25, 0.3) is 0 Å². The lowest BCUT2D eigenvalue weighted by Gasteiger charge is -2.13. The molecule has 0 fully saturated rings. The number of ether oxygens (including phenoxy) is 4. The van der Waals surface area contributed by atoms with Gasteiger partial charge in [-0.3, -0.25) is 0 Å². The zero-order chi connectivity index (χ0) is 30.7. The van der Waals surface area contributed by atoms with Crippen LogP contribution in [0.1, 0.15) is 142 Å². The van der Waals surface area contributed by atoms with Crippen molar-refractivity contribution in [3.8, 4) is 11.5 Å². The molecule has 6 nitrogen and oxygen atoms in total. The summed E-state index contributed by atoms with van der Waals surface area (Å²) in [4.78, 5) is 24.2. The Morgan fingerprint density at radius 1 is 0.500 bits per heavy atom. The lowest BCUT2D eigenvalue weighted by Crippen LogP contribution is -2.16. The van der Waals surface area contributed by atoms with Gasteiger partial charge in [0.2, 0.25) is 0 Å². The highest BCUT2D eigenvalue weighted by molar-refractivity contribution is 9.11. The maximum absolute atomic E-state index is 12.1. The van der Waals surface area contributed by atoms with E-state index < -0.39 is 0 Å². The van der Waals surface area contributed by atoms with Crippen LogP contribution in [0.25, 0.3) is 0 Å². The van der Waals surface area contributed by atoms with Crippen molar-refractivity contribution in [3.63, 3.8) is 0 Å². The fourth-order valence-corrected chi connectivity index (χ4v) is 5.51. The third-order valence-corrected chi connectivity index (χ3v) is 8.44. The van der Waals surface area contributed by atoms with E-state index in [1.807, 2.05) is 0 Å². The van der Waals surface area contributed by atoms with Crippen LogP contribution in [0.2, 0.25) is 0 Å². The molecule has 1 aromatic carbocycles. The SMILES string of the molecule is CCCCCCCCCCCCOC(=O)COc1cc(Br)c(OCC(=O)OCCCCCCCCCCCC)cc1Br. The molecule has 42 heavy (non-hydrogen) atoms. The summed E-state index contributed by atoms with van der Waals surface area (Å²) in [5.74, 6) is 0.182. The van der Waals surface area contributed by atoms with Gasteiger partial charge >= 0.3 is 11.9 Å². The average Bonchev–Trinajstić information content (AvgIpc) is 2.98. The summed E-state index contributed by atoms with van der Waals surface area (Å²) in [5, 5.41) is 0. The Bertz CT molecular complexity index is 765. The first-order valence-electron chi connectivity index (χ1n) is 16.5. The van der Waals surface area contributed by atoms with Crippen molar-refractivity contribution in [1.29, 1.82) is 0 Å². The molecule has 0 aliphatic heterocycles. The molecule has 0 amide bonds. The van der Waals surface area contributed by atoms with Crippen molar-refractivity contribution in [2.24, 2.45) is 0 Å². The molecule has 242 valence electrons. The molecule has 0 bridgehead atoms. The molecular weight excluding hydrogens is 664 g/mol. The van der Waals surface area contributed by atoms with E-state index in [0.717, 1.165) is 25.7 Å². The van der Waals surface area contributed by atoms with Gasteiger partial charge in [-0.1, -0.05) is 129 Å². The molecule has 0 aromatic heterocycles. The van der Waals surface area contributed by atoms with E-state index in [4.69, 9.17) is 18.9 Å². The summed E-state index contributed by atoms with van der Waals surface area (Å²) in [6.45, 7) is 4.99. The van der Waals surface area contributed by atoms with E-state index in [9.17, 15) is 9.59 Å². The smallest absolute Gasteiger partial charge is 0.344 e. The molecule has 1 aromatic rings. The number of hydrogen-bond acceptors (Lipinski definition) is 6. The van der Waals surface area contributed by atoms with Crippen LogP contribution in [0, 0.1) is 0 Å². The van der Waals surface area contributed by atoms with Gasteiger partial charge in [0.1, 0.15) is 11.5 Å². The number of unbranched alkanes of at least 4 members (excludes halogenated alkanes) is 18. The topological polar surface area (TPSA) is 71.1 Å². The van der Waals surface area contributed by atoms with Crippen molar-refractivity contribution in [2.45, 2.75) is 142 Å². The van der Waals surface area contributed by atoms with Crippen LogP contribution in [-0.4, -0.2) is 38.4 Å². The van der Waals surface area contributed by atoms with Gasteiger partial charge in [-0.05, 0) is 56.8 Å². The lowest BCUT2D eigenvalue weighted by atomic mass is 10.1. The predicted octanol–water partition coefficient (Wildman–Crippen LogP) is 10.9. The maximum atomic E-state index is 12.1. The van der Waals surface area contributed by atoms with Gasteiger partial charge in [-0.2, -0.15) is 0 Å². The molecule has 8 heteroatoms. The Balaban J connectivity index is 2.13. The van der Waals surface area contributed by atoms with Crippen molar-refractivity contribution < 1.29 is 28.5 Å². The third kappa shape index (κ3) is 21.4. The summed E-state index contributed by atoms with van der Waals surface area (Å²) in [6.07, 6.45) is 24.8. The Hall–Kier alpha value is -1.28. The van der Waals surface area contributed by atoms with E-state index in [0.29, 0.717) is 33.7 Å². The van der Waals surface area contributed by atoms with Crippen LogP contribution in [0.3, 0.4) is 0 Å². The molecule has 0 N–H and O–H groups in total. The van der Waals surface area contributed by atoms with Crippen LogP contribution in [0.15, 0.2) is 21.1 Å². The third-order valence-electron chi connectivity index (χ3n) is 7.20. The molecule has 0 heterocycles. The molecule has 0 unspecified atom stereocenters. The summed E-state index contributed by atoms with van der Waals surface area (Å²) in [6, 6.07) is 3.40. The zero-order valence-electron chi connectivity index (χ0n) is 26.3. The molecule has 0 saturated heterocycles. The molecule has 0 atom stereocenters. The van der Waals surface area contributed by atoms with Crippen molar-refractivity contribution in [3.05, 3.63) is 21.1 Å². The first-order valence-corrected chi connectivity index (χ1v) is 18.1. The maximum Gasteiger partial charge on any atom is 0.344 e. The number of carbonyl (C=O) groups is 2. The predicted molar refractivity (Wildman–Crippen MR) is 178 cm³/mol. The van der Waals surface area contributed by atoms with Crippen LogP contribution < -0.4 is 9.47 Å². The van der Waals surface area contributed by atoms with Crippen molar-refractivity contribution in [1.82, 2.24) is 0 Å². The minimum Gasteiger partial charge on any atom is -0.481 e. The number of benzene rings is 1. The van der Waals surface area contributed by atoms with Crippen LogP contribution >= 0.6 is 31.9 Å². The van der Waals surface area contributed by atoms with Gasteiger partial charge in [0.15, 0.2) is 13.2 Å². The van der Waals surface area contributed by atoms with Crippen LogP contribution in [0.4, 0.5) is 0 Å². The van der Waals surface area contributed by atoms with E-state index in [1.54, 1.807) is 12.1 Å². The molecular formula is C34H56Br2O6. The van der Waals surface area contributed by atoms with Gasteiger partial charge in [0.05, 0.1) is 22.2 Å². The number of rotatable bonds is 28. The van der Waals surface area contributed by atoms with Crippen molar-refractivity contribution in [2.75, 3.05) is 26.4 Å². The minimum atomic E-state index is -0.389. The standard InChI is InChI=1S/C34H56Br2O6/c1-3-5-7-9-11-13-15-17-19-21-23-39-33(37)27-41-31-25-30(36)32(26-29(31)35)42-28-34(38)40-24-22-20-18-16-14-12-10-8-6-4-2/h25-26H,3-24,27-28H2,1-2H3. The fourth-order valence-electron chi connectivity index (χ4n) is 4.64. The van der Waals surface area contributed by atoms with Crippen LogP contribution in [0.5, 0.6) is 11.5 Å². The monoisotopic (exact) mass is 718 g/mol. The number of carbonyl (C=O) groups excluding carboxylic acids is 2. The second kappa shape index (κ2) is 27.3. The number of esters is 2. The molecule has 0 aliphatic carbocycles. The zero-order valence-corrected chi connectivity index (χ0v) is 29.5. The number of hydrogen-bond donors (Lipinski definition) is 0. The molecule has 0 radical (unpaired) electrons. The van der Waals surface area contributed by atoms with E-state index >= 15 is 0 Å². The normalized spacial score (nSPS) is 11.0. The van der Waals surface area contributed by atoms with Gasteiger partial charge in [-0.15, -0.1) is 0 Å². The quantitative estimate of drug-likeness (QED) is 0.0634. The highest BCUT2D eigenvalue weighted by Crippen LogP contribution is 2.36. The Morgan fingerprint density at radius 3 is 1.10 bits per heavy atom. The highest BCUT2D eigenvalue weighted by Gasteiger charge is 2.13. The molecule has 0 aliphatic rings. The van der Waals surface area contributed by atoms with E-state index in [2.05, 4.69) is 45.7 Å². The van der Waals surface area contributed by atoms with Crippen LogP contribution in [-0.2, 0) is 19.1 Å². The summed E-state index contributed by atoms with van der Waals surface area (Å²) in [5.41, 5.74) is 0. The summed E-state index contributed by atoms with van der Waals surface area (Å²) >= 11 is 6.90. The summed E-state index contributed by atoms with van der Waals surface area (Å²) in [7, 11) is 0. The van der Waals surface area contributed by atoms with E-state index in [-0.39, 0.29) is 25.2 Å². The van der Waals surface area contributed by atoms with Gasteiger partial charge in [-0.25, -0.2) is 9.59 Å². The highest BCUT2D eigenvalue weighted by atomic mass is 79.9. The Labute approximate surface area is 272 Å². The Kier molecular flexibility index (Phi) is 25.2. The van der Waals surface area contributed by atoms with E-state index in [1.165, 1.54) is 103 Å².